The van der Waals surface area contributed by atoms with Crippen molar-refractivity contribution in [3.05, 3.63) is 131 Å². The lowest BCUT2D eigenvalue weighted by Crippen LogP contribution is -2.32. The van der Waals surface area contributed by atoms with Gasteiger partial charge in [-0.05, 0) is 62.7 Å². The van der Waals surface area contributed by atoms with Crippen molar-refractivity contribution in [2.75, 3.05) is 0 Å². The van der Waals surface area contributed by atoms with Gasteiger partial charge in [-0.2, -0.15) is 0 Å². The molecule has 33 heavy (non-hydrogen) atoms. The van der Waals surface area contributed by atoms with Crippen LogP contribution in [0.4, 0.5) is 0 Å². The van der Waals surface area contributed by atoms with E-state index in [0.29, 0.717) is 5.92 Å². The predicted molar refractivity (Wildman–Crippen MR) is 141 cm³/mol. The van der Waals surface area contributed by atoms with Gasteiger partial charge >= 0.3 is 0 Å². The van der Waals surface area contributed by atoms with Gasteiger partial charge in [-0.15, -0.1) is 0 Å². The van der Waals surface area contributed by atoms with Crippen molar-refractivity contribution in [1.82, 2.24) is 0 Å². The van der Waals surface area contributed by atoms with Crippen molar-refractivity contribution in [2.24, 2.45) is 0 Å². The van der Waals surface area contributed by atoms with Crippen LogP contribution in [-0.4, -0.2) is 0 Å². The van der Waals surface area contributed by atoms with E-state index in [1.807, 2.05) is 0 Å². The van der Waals surface area contributed by atoms with E-state index in [1.54, 1.807) is 0 Å². The maximum atomic E-state index is 2.48. The SMILES string of the molecule is Cc1ccc(C2c3ccccc3-c3c(cc(-c4ccccc4)c4ccccc34)C2(C)C)cc1. The third kappa shape index (κ3) is 3.05. The minimum absolute atomic E-state index is 0.0630. The van der Waals surface area contributed by atoms with Gasteiger partial charge in [-0.1, -0.05) is 123 Å². The number of hydrogen-bond acceptors (Lipinski definition) is 0. The summed E-state index contributed by atoms with van der Waals surface area (Å²) < 4.78 is 0. The van der Waals surface area contributed by atoms with Crippen LogP contribution in [0.5, 0.6) is 0 Å². The van der Waals surface area contributed by atoms with E-state index in [0.717, 1.165) is 0 Å². The Labute approximate surface area is 196 Å². The molecule has 1 atom stereocenters. The van der Waals surface area contributed by atoms with Gasteiger partial charge in [0.25, 0.3) is 0 Å². The van der Waals surface area contributed by atoms with Gasteiger partial charge in [0.2, 0.25) is 0 Å². The van der Waals surface area contributed by atoms with Gasteiger partial charge in [0.05, 0.1) is 0 Å². The molecule has 0 fully saturated rings. The zero-order valence-electron chi connectivity index (χ0n) is 19.5. The highest BCUT2D eigenvalue weighted by Crippen LogP contribution is 2.55. The second-order valence-corrected chi connectivity index (χ2v) is 9.91. The first-order valence-electron chi connectivity index (χ1n) is 11.8. The summed E-state index contributed by atoms with van der Waals surface area (Å²) in [5.41, 5.74) is 10.9. The molecule has 1 aliphatic rings. The van der Waals surface area contributed by atoms with Crippen molar-refractivity contribution in [2.45, 2.75) is 32.1 Å². The van der Waals surface area contributed by atoms with Gasteiger partial charge in [-0.3, -0.25) is 0 Å². The van der Waals surface area contributed by atoms with Crippen molar-refractivity contribution < 1.29 is 0 Å². The first-order valence-corrected chi connectivity index (χ1v) is 11.8. The molecular formula is C33H28. The van der Waals surface area contributed by atoms with Crippen LogP contribution in [-0.2, 0) is 5.41 Å². The van der Waals surface area contributed by atoms with Crippen LogP contribution in [0.2, 0.25) is 0 Å². The van der Waals surface area contributed by atoms with Crippen molar-refractivity contribution in [3.8, 4) is 22.3 Å². The molecule has 0 heteroatoms. The highest BCUT2D eigenvalue weighted by atomic mass is 14.4. The smallest absolute Gasteiger partial charge is 0.0187 e. The predicted octanol–water partition coefficient (Wildman–Crippen LogP) is 8.91. The van der Waals surface area contributed by atoms with Crippen LogP contribution in [0.1, 0.15) is 42.0 Å². The van der Waals surface area contributed by atoms with Crippen LogP contribution in [0, 0.1) is 6.92 Å². The Morgan fingerprint density at radius 3 is 2.00 bits per heavy atom. The minimum atomic E-state index is -0.0630. The average molecular weight is 425 g/mol. The lowest BCUT2D eigenvalue weighted by molar-refractivity contribution is 0.455. The molecule has 1 aliphatic carbocycles. The van der Waals surface area contributed by atoms with E-state index in [1.165, 1.54) is 55.3 Å². The summed E-state index contributed by atoms with van der Waals surface area (Å²) in [5, 5.41) is 2.67. The maximum absolute atomic E-state index is 2.48. The highest BCUT2D eigenvalue weighted by molar-refractivity contribution is 6.07. The first kappa shape index (κ1) is 20.0. The molecule has 0 amide bonds. The number of hydrogen-bond donors (Lipinski definition) is 0. The molecule has 0 N–H and O–H groups in total. The minimum Gasteiger partial charge on any atom is -0.0622 e. The summed E-state index contributed by atoms with van der Waals surface area (Å²) in [6.45, 7) is 7.02. The molecule has 0 saturated heterocycles. The number of aryl methyl sites for hydroxylation is 1. The molecule has 0 saturated carbocycles. The fourth-order valence-corrected chi connectivity index (χ4v) is 5.91. The van der Waals surface area contributed by atoms with E-state index in [2.05, 4.69) is 130 Å². The second-order valence-electron chi connectivity index (χ2n) is 9.91. The van der Waals surface area contributed by atoms with Crippen LogP contribution in [0.25, 0.3) is 33.0 Å². The van der Waals surface area contributed by atoms with Crippen LogP contribution in [0.15, 0.2) is 109 Å². The van der Waals surface area contributed by atoms with E-state index in [-0.39, 0.29) is 5.41 Å². The van der Waals surface area contributed by atoms with Crippen molar-refractivity contribution >= 4 is 10.8 Å². The van der Waals surface area contributed by atoms with Crippen LogP contribution < -0.4 is 0 Å². The fourth-order valence-electron chi connectivity index (χ4n) is 5.91. The van der Waals surface area contributed by atoms with Gasteiger partial charge in [-0.25, -0.2) is 0 Å². The van der Waals surface area contributed by atoms with Gasteiger partial charge in [0, 0.05) is 11.3 Å². The zero-order chi connectivity index (χ0) is 22.6. The molecule has 5 aromatic rings. The molecule has 0 aromatic heterocycles. The summed E-state index contributed by atoms with van der Waals surface area (Å²) in [6, 6.07) is 40.4. The number of benzene rings is 5. The summed E-state index contributed by atoms with van der Waals surface area (Å²) in [4.78, 5) is 0. The lowest BCUT2D eigenvalue weighted by atomic mass is 9.60. The Morgan fingerprint density at radius 1 is 0.606 bits per heavy atom. The molecule has 0 bridgehead atoms. The van der Waals surface area contributed by atoms with E-state index in [9.17, 15) is 0 Å². The molecular weight excluding hydrogens is 396 g/mol. The fraction of sp³-hybridized carbons (Fsp3) is 0.152. The molecule has 6 rings (SSSR count). The van der Waals surface area contributed by atoms with Gasteiger partial charge in [0.1, 0.15) is 0 Å². The van der Waals surface area contributed by atoms with Gasteiger partial charge in [0.15, 0.2) is 0 Å². The third-order valence-electron chi connectivity index (χ3n) is 7.50. The highest BCUT2D eigenvalue weighted by Gasteiger charge is 2.41. The third-order valence-corrected chi connectivity index (χ3v) is 7.50. The van der Waals surface area contributed by atoms with E-state index >= 15 is 0 Å². The molecule has 5 aromatic carbocycles. The number of fused-ring (bicyclic) bond motifs is 5. The zero-order valence-corrected chi connectivity index (χ0v) is 19.5. The molecule has 0 spiro atoms. The summed E-state index contributed by atoms with van der Waals surface area (Å²) in [5.74, 6) is 0.298. The first-order chi connectivity index (χ1) is 16.1. The Hall–Kier alpha value is -3.64. The normalized spacial score (nSPS) is 16.3. The molecule has 0 radical (unpaired) electrons. The molecule has 160 valence electrons. The summed E-state index contributed by atoms with van der Waals surface area (Å²) in [7, 11) is 0. The van der Waals surface area contributed by atoms with Gasteiger partial charge < -0.3 is 0 Å². The Kier molecular flexibility index (Phi) is 4.52. The molecule has 0 aliphatic heterocycles. The van der Waals surface area contributed by atoms with Crippen LogP contribution >= 0.6 is 0 Å². The monoisotopic (exact) mass is 424 g/mol. The lowest BCUT2D eigenvalue weighted by Gasteiger charge is -2.43. The number of rotatable bonds is 2. The maximum Gasteiger partial charge on any atom is 0.0187 e. The Bertz CT molecular complexity index is 1470. The Morgan fingerprint density at radius 2 is 1.24 bits per heavy atom. The van der Waals surface area contributed by atoms with Crippen molar-refractivity contribution in [1.29, 1.82) is 0 Å². The average Bonchev–Trinajstić information content (AvgIpc) is 2.85. The molecule has 0 heterocycles. The van der Waals surface area contributed by atoms with Crippen LogP contribution in [0.3, 0.4) is 0 Å². The largest absolute Gasteiger partial charge is 0.0622 e. The summed E-state index contributed by atoms with van der Waals surface area (Å²) >= 11 is 0. The standard InChI is InChI=1S/C33H28/c1-22-17-19-24(20-18-22)32-28-16-10-9-15-27(28)31-26-14-8-7-13-25(26)29(21-30(31)33(32,2)3)23-11-5-4-6-12-23/h4-21,32H,1-3H3. The quantitative estimate of drug-likeness (QED) is 0.265. The van der Waals surface area contributed by atoms with Crippen molar-refractivity contribution in [3.63, 3.8) is 0 Å². The summed E-state index contributed by atoms with van der Waals surface area (Å²) in [6.07, 6.45) is 0. The molecule has 1 unspecified atom stereocenters. The van der Waals surface area contributed by atoms with E-state index < -0.39 is 0 Å². The Balaban J connectivity index is 1.72. The molecule has 0 nitrogen and oxygen atoms in total. The van der Waals surface area contributed by atoms with E-state index in [4.69, 9.17) is 0 Å². The second kappa shape index (κ2) is 7.46. The topological polar surface area (TPSA) is 0 Å².